The van der Waals surface area contributed by atoms with Crippen LogP contribution in [0.3, 0.4) is 0 Å². The Kier molecular flexibility index (Phi) is 5.02. The summed E-state index contributed by atoms with van der Waals surface area (Å²) in [7, 11) is 5.89. The van der Waals surface area contributed by atoms with Crippen LogP contribution >= 0.6 is 0 Å². The van der Waals surface area contributed by atoms with Crippen molar-refractivity contribution in [3.63, 3.8) is 0 Å². The first kappa shape index (κ1) is 15.6. The molecule has 0 atom stereocenters. The Morgan fingerprint density at radius 2 is 2.00 bits per heavy atom. The van der Waals surface area contributed by atoms with Gasteiger partial charge in [-0.15, -0.1) is 0 Å². The van der Waals surface area contributed by atoms with Gasteiger partial charge in [-0.1, -0.05) is 12.1 Å². The van der Waals surface area contributed by atoms with E-state index in [1.165, 1.54) is 11.3 Å². The lowest BCUT2D eigenvalue weighted by Crippen LogP contribution is -2.17. The Balaban J connectivity index is 2.34. The number of fused-ring (bicyclic) bond motifs is 1. The standard InChI is InChI=1S/C17H25N3O/c1-12-13(2)19-17-14(8-6-9-15(17)21-5)16(12)18-10-7-11-20(3)4/h6,8-9H,7,10-11H2,1-5H3,(H,18,19). The van der Waals surface area contributed by atoms with E-state index < -0.39 is 0 Å². The number of benzene rings is 1. The highest BCUT2D eigenvalue weighted by Gasteiger charge is 2.12. The Morgan fingerprint density at radius 3 is 2.67 bits per heavy atom. The maximum absolute atomic E-state index is 5.44. The maximum Gasteiger partial charge on any atom is 0.145 e. The Labute approximate surface area is 127 Å². The third-order valence-corrected chi connectivity index (χ3v) is 3.77. The number of para-hydroxylation sites is 1. The van der Waals surface area contributed by atoms with E-state index >= 15 is 0 Å². The van der Waals surface area contributed by atoms with E-state index in [9.17, 15) is 0 Å². The van der Waals surface area contributed by atoms with Crippen molar-refractivity contribution in [3.8, 4) is 5.75 Å². The fourth-order valence-electron chi connectivity index (χ4n) is 2.48. The van der Waals surface area contributed by atoms with Crippen LogP contribution < -0.4 is 10.1 Å². The van der Waals surface area contributed by atoms with Crippen LogP contribution in [0.25, 0.3) is 10.9 Å². The molecule has 0 fully saturated rings. The predicted molar refractivity (Wildman–Crippen MR) is 89.4 cm³/mol. The molecule has 0 unspecified atom stereocenters. The van der Waals surface area contributed by atoms with E-state index in [1.807, 2.05) is 19.1 Å². The monoisotopic (exact) mass is 287 g/mol. The summed E-state index contributed by atoms with van der Waals surface area (Å²) >= 11 is 0. The molecule has 2 aromatic rings. The molecule has 114 valence electrons. The number of methoxy groups -OCH3 is 1. The topological polar surface area (TPSA) is 37.4 Å². The number of aromatic nitrogens is 1. The second-order valence-electron chi connectivity index (χ2n) is 5.64. The predicted octanol–water partition coefficient (Wildman–Crippen LogP) is 3.22. The van der Waals surface area contributed by atoms with Crippen LogP contribution in [0.5, 0.6) is 5.75 Å². The summed E-state index contributed by atoms with van der Waals surface area (Å²) in [4.78, 5) is 6.89. The maximum atomic E-state index is 5.44. The number of pyridine rings is 1. The fourth-order valence-corrected chi connectivity index (χ4v) is 2.48. The summed E-state index contributed by atoms with van der Waals surface area (Å²) < 4.78 is 5.44. The van der Waals surface area contributed by atoms with E-state index in [2.05, 4.69) is 42.3 Å². The molecule has 1 aromatic carbocycles. The second kappa shape index (κ2) is 6.76. The molecule has 0 bridgehead atoms. The molecule has 0 spiro atoms. The van der Waals surface area contributed by atoms with E-state index in [0.29, 0.717) is 0 Å². The van der Waals surface area contributed by atoms with Crippen LogP contribution in [0.2, 0.25) is 0 Å². The Hall–Kier alpha value is -1.81. The first-order chi connectivity index (χ1) is 10.0. The van der Waals surface area contributed by atoms with Gasteiger partial charge in [0.2, 0.25) is 0 Å². The number of ether oxygens (including phenoxy) is 1. The number of hydrogen-bond donors (Lipinski definition) is 1. The van der Waals surface area contributed by atoms with Gasteiger partial charge in [-0.3, -0.25) is 0 Å². The summed E-state index contributed by atoms with van der Waals surface area (Å²) in [6.45, 7) is 6.20. The average Bonchev–Trinajstić information content (AvgIpc) is 2.46. The van der Waals surface area contributed by atoms with Crippen LogP contribution in [0.4, 0.5) is 5.69 Å². The Bertz CT molecular complexity index is 623. The van der Waals surface area contributed by atoms with Crippen molar-refractivity contribution in [1.29, 1.82) is 0 Å². The Morgan fingerprint density at radius 1 is 1.24 bits per heavy atom. The number of aryl methyl sites for hydroxylation is 1. The van der Waals surface area contributed by atoms with Gasteiger partial charge in [0.1, 0.15) is 11.3 Å². The van der Waals surface area contributed by atoms with Crippen LogP contribution in [-0.4, -0.2) is 44.2 Å². The molecule has 0 radical (unpaired) electrons. The number of nitrogens with zero attached hydrogens (tertiary/aromatic N) is 2. The minimum atomic E-state index is 0.826. The lowest BCUT2D eigenvalue weighted by atomic mass is 10.1. The molecule has 0 aliphatic carbocycles. The molecular weight excluding hydrogens is 262 g/mol. The summed E-state index contributed by atoms with van der Waals surface area (Å²) in [5, 5.41) is 4.71. The third kappa shape index (κ3) is 3.45. The molecule has 0 saturated carbocycles. The van der Waals surface area contributed by atoms with Crippen molar-refractivity contribution in [3.05, 3.63) is 29.5 Å². The van der Waals surface area contributed by atoms with Crippen LogP contribution in [0.15, 0.2) is 18.2 Å². The molecule has 0 amide bonds. The van der Waals surface area contributed by atoms with Crippen LogP contribution in [0, 0.1) is 13.8 Å². The van der Waals surface area contributed by atoms with E-state index in [4.69, 9.17) is 4.74 Å². The smallest absolute Gasteiger partial charge is 0.145 e. The van der Waals surface area contributed by atoms with Gasteiger partial charge in [-0.25, -0.2) is 4.98 Å². The van der Waals surface area contributed by atoms with Crippen molar-refractivity contribution < 1.29 is 4.74 Å². The molecule has 0 aliphatic rings. The molecule has 4 heteroatoms. The number of nitrogens with one attached hydrogen (secondary N) is 1. The number of rotatable bonds is 6. The van der Waals surface area contributed by atoms with E-state index in [1.54, 1.807) is 7.11 Å². The van der Waals surface area contributed by atoms with Gasteiger partial charge in [0, 0.05) is 23.3 Å². The highest BCUT2D eigenvalue weighted by atomic mass is 16.5. The van der Waals surface area contributed by atoms with Crippen molar-refractivity contribution in [1.82, 2.24) is 9.88 Å². The average molecular weight is 287 g/mol. The minimum Gasteiger partial charge on any atom is -0.494 e. The zero-order valence-corrected chi connectivity index (χ0v) is 13.7. The molecule has 21 heavy (non-hydrogen) atoms. The molecule has 0 saturated heterocycles. The second-order valence-corrected chi connectivity index (χ2v) is 5.64. The number of anilines is 1. The molecule has 1 heterocycles. The summed E-state index contributed by atoms with van der Waals surface area (Å²) in [5.74, 6) is 0.826. The summed E-state index contributed by atoms with van der Waals surface area (Å²) in [6.07, 6.45) is 1.11. The third-order valence-electron chi connectivity index (χ3n) is 3.77. The molecule has 0 aliphatic heterocycles. The quantitative estimate of drug-likeness (QED) is 0.828. The normalized spacial score (nSPS) is 11.1. The minimum absolute atomic E-state index is 0.826. The van der Waals surface area contributed by atoms with Gasteiger partial charge in [0.15, 0.2) is 0 Å². The fraction of sp³-hybridized carbons (Fsp3) is 0.471. The van der Waals surface area contributed by atoms with Gasteiger partial charge in [-0.05, 0) is 52.5 Å². The van der Waals surface area contributed by atoms with Crippen molar-refractivity contribution >= 4 is 16.6 Å². The zero-order valence-electron chi connectivity index (χ0n) is 13.7. The van der Waals surface area contributed by atoms with Crippen LogP contribution in [-0.2, 0) is 0 Å². The highest BCUT2D eigenvalue weighted by molar-refractivity contribution is 5.96. The SMILES string of the molecule is COc1cccc2c(NCCCN(C)C)c(C)c(C)nc12. The molecule has 2 rings (SSSR count). The largest absolute Gasteiger partial charge is 0.494 e. The lowest BCUT2D eigenvalue weighted by molar-refractivity contribution is 0.405. The van der Waals surface area contributed by atoms with Gasteiger partial charge in [0.25, 0.3) is 0 Å². The zero-order chi connectivity index (χ0) is 15.4. The molecular formula is C17H25N3O. The molecule has 4 nitrogen and oxygen atoms in total. The van der Waals surface area contributed by atoms with Crippen molar-refractivity contribution in [2.24, 2.45) is 0 Å². The van der Waals surface area contributed by atoms with Gasteiger partial charge in [-0.2, -0.15) is 0 Å². The van der Waals surface area contributed by atoms with Crippen molar-refractivity contribution in [2.75, 3.05) is 39.6 Å². The first-order valence-corrected chi connectivity index (χ1v) is 7.37. The van der Waals surface area contributed by atoms with E-state index in [-0.39, 0.29) is 0 Å². The van der Waals surface area contributed by atoms with Crippen LogP contribution in [0.1, 0.15) is 17.7 Å². The lowest BCUT2D eigenvalue weighted by Gasteiger charge is -2.17. The highest BCUT2D eigenvalue weighted by Crippen LogP contribution is 2.32. The van der Waals surface area contributed by atoms with E-state index in [0.717, 1.165) is 41.9 Å². The first-order valence-electron chi connectivity index (χ1n) is 7.37. The molecule has 1 N–H and O–H groups in total. The van der Waals surface area contributed by atoms with Gasteiger partial charge in [0.05, 0.1) is 7.11 Å². The summed E-state index contributed by atoms with van der Waals surface area (Å²) in [5.41, 5.74) is 4.36. The number of hydrogen-bond acceptors (Lipinski definition) is 4. The van der Waals surface area contributed by atoms with Gasteiger partial charge >= 0.3 is 0 Å². The van der Waals surface area contributed by atoms with Gasteiger partial charge < -0.3 is 15.0 Å². The summed E-state index contributed by atoms with van der Waals surface area (Å²) in [6, 6.07) is 6.08. The van der Waals surface area contributed by atoms with Crippen molar-refractivity contribution in [2.45, 2.75) is 20.3 Å². The molecule has 1 aromatic heterocycles.